The summed E-state index contributed by atoms with van der Waals surface area (Å²) in [5.41, 5.74) is -0.823. The van der Waals surface area contributed by atoms with Gasteiger partial charge in [-0.05, 0) is 44.8 Å². The van der Waals surface area contributed by atoms with Crippen LogP contribution in [0.2, 0.25) is 0 Å². The molecule has 1 aromatic heterocycles. The minimum absolute atomic E-state index is 0.0294. The number of hydrogen-bond acceptors (Lipinski definition) is 4. The van der Waals surface area contributed by atoms with E-state index in [9.17, 15) is 9.90 Å². The first-order chi connectivity index (χ1) is 11.1. The normalized spacial score (nSPS) is 30.8. The Morgan fingerprint density at radius 1 is 1.39 bits per heavy atom. The van der Waals surface area contributed by atoms with Gasteiger partial charge in [0.05, 0.1) is 6.10 Å². The Morgan fingerprint density at radius 3 is 2.83 bits per heavy atom. The second kappa shape index (κ2) is 6.61. The molecule has 23 heavy (non-hydrogen) atoms. The third-order valence-electron chi connectivity index (χ3n) is 5.73. The molecule has 1 saturated carbocycles. The van der Waals surface area contributed by atoms with Gasteiger partial charge in [0.25, 0.3) is 0 Å². The molecule has 3 N–H and O–H groups in total. The van der Waals surface area contributed by atoms with Crippen molar-refractivity contribution in [2.75, 3.05) is 19.6 Å². The summed E-state index contributed by atoms with van der Waals surface area (Å²) in [5, 5.41) is 21.1. The predicted molar refractivity (Wildman–Crippen MR) is 87.9 cm³/mol. The highest BCUT2D eigenvalue weighted by Gasteiger charge is 2.43. The molecular formula is C17H28N4O2. The van der Waals surface area contributed by atoms with Crippen molar-refractivity contribution in [1.82, 2.24) is 20.4 Å². The molecule has 0 radical (unpaired) electrons. The molecule has 2 fully saturated rings. The lowest BCUT2D eigenvalue weighted by molar-refractivity contribution is -0.133. The zero-order chi connectivity index (χ0) is 16.3. The molecule has 3 rings (SSSR count). The van der Waals surface area contributed by atoms with E-state index in [1.54, 1.807) is 6.20 Å². The summed E-state index contributed by atoms with van der Waals surface area (Å²) in [6.45, 7) is 4.24. The molecule has 1 aliphatic heterocycles. The fourth-order valence-corrected chi connectivity index (χ4v) is 3.96. The number of piperidine rings is 1. The first-order valence-electron chi connectivity index (χ1n) is 8.74. The van der Waals surface area contributed by atoms with E-state index in [1.807, 2.05) is 16.9 Å². The highest BCUT2D eigenvalue weighted by molar-refractivity contribution is 5.84. The van der Waals surface area contributed by atoms with Gasteiger partial charge >= 0.3 is 0 Å². The topological polar surface area (TPSA) is 79.2 Å². The summed E-state index contributed by atoms with van der Waals surface area (Å²) in [6.07, 6.45) is 8.74. The number of rotatable bonds is 4. The quantitative estimate of drug-likeness (QED) is 0.774. The molecule has 6 nitrogen and oxygen atoms in total. The maximum atomic E-state index is 13.0. The monoisotopic (exact) mass is 320 g/mol. The number of amides is 1. The molecule has 1 aliphatic carbocycles. The Labute approximate surface area is 137 Å². The van der Waals surface area contributed by atoms with Crippen LogP contribution in [0.3, 0.4) is 0 Å². The number of aliphatic hydroxyl groups is 1. The third kappa shape index (κ3) is 3.15. The summed E-state index contributed by atoms with van der Waals surface area (Å²) in [5.74, 6) is 0.0294. The minimum Gasteiger partial charge on any atom is -0.392 e. The highest BCUT2D eigenvalue weighted by atomic mass is 16.3. The lowest BCUT2D eigenvalue weighted by Gasteiger charge is -2.41. The number of nitrogens with zero attached hydrogens (tertiary/aromatic N) is 2. The van der Waals surface area contributed by atoms with Crippen LogP contribution in [0, 0.1) is 5.41 Å². The molecule has 0 aromatic carbocycles. The van der Waals surface area contributed by atoms with E-state index in [2.05, 4.69) is 22.7 Å². The van der Waals surface area contributed by atoms with Gasteiger partial charge in [-0.15, -0.1) is 0 Å². The third-order valence-corrected chi connectivity index (χ3v) is 5.73. The van der Waals surface area contributed by atoms with Crippen LogP contribution in [0.15, 0.2) is 18.5 Å². The zero-order valence-corrected chi connectivity index (χ0v) is 13.9. The van der Waals surface area contributed by atoms with E-state index >= 15 is 0 Å². The summed E-state index contributed by atoms with van der Waals surface area (Å²) in [7, 11) is 0. The van der Waals surface area contributed by atoms with E-state index in [1.165, 1.54) is 0 Å². The standard InChI is InChI=1S/C17H28N4O2/c1-16(6-3-2-5-14(16)22)13-19-15(23)17(7-10-18-11-8-17)21-12-4-9-20-21/h4,9,12,14,18,22H,2-3,5-8,10-11,13H2,1H3,(H,19,23). The second-order valence-corrected chi connectivity index (χ2v) is 7.33. The lowest BCUT2D eigenvalue weighted by Crippen LogP contribution is -2.56. The van der Waals surface area contributed by atoms with E-state index < -0.39 is 5.54 Å². The molecule has 0 bridgehead atoms. The number of aromatic nitrogens is 2. The van der Waals surface area contributed by atoms with Crippen LogP contribution in [0.5, 0.6) is 0 Å². The molecule has 6 heteroatoms. The second-order valence-electron chi connectivity index (χ2n) is 7.33. The van der Waals surface area contributed by atoms with Crippen molar-refractivity contribution in [2.45, 2.75) is 57.1 Å². The van der Waals surface area contributed by atoms with Gasteiger partial charge in [-0.3, -0.25) is 9.48 Å². The van der Waals surface area contributed by atoms with E-state index in [0.29, 0.717) is 6.54 Å². The highest BCUT2D eigenvalue weighted by Crippen LogP contribution is 2.36. The fraction of sp³-hybridized carbons (Fsp3) is 0.765. The molecule has 2 atom stereocenters. The zero-order valence-electron chi connectivity index (χ0n) is 13.9. The summed E-state index contributed by atoms with van der Waals surface area (Å²) >= 11 is 0. The molecule has 128 valence electrons. The Kier molecular flexibility index (Phi) is 4.73. The van der Waals surface area contributed by atoms with Gasteiger partial charge < -0.3 is 15.7 Å². The summed E-state index contributed by atoms with van der Waals surface area (Å²) in [6, 6.07) is 1.86. The van der Waals surface area contributed by atoms with Crippen LogP contribution in [0.1, 0.15) is 45.4 Å². The SMILES string of the molecule is CC1(CNC(=O)C2(n3cccn3)CCNCC2)CCCCC1O. The van der Waals surface area contributed by atoms with Crippen LogP contribution in [0.25, 0.3) is 0 Å². The van der Waals surface area contributed by atoms with E-state index in [0.717, 1.165) is 51.6 Å². The summed E-state index contributed by atoms with van der Waals surface area (Å²) < 4.78 is 1.81. The minimum atomic E-state index is -0.606. The van der Waals surface area contributed by atoms with Gasteiger partial charge in [0.1, 0.15) is 5.54 Å². The molecule has 1 saturated heterocycles. The van der Waals surface area contributed by atoms with Crippen molar-refractivity contribution in [3.63, 3.8) is 0 Å². The number of carbonyl (C=O) groups is 1. The first kappa shape index (κ1) is 16.5. The average molecular weight is 320 g/mol. The van der Waals surface area contributed by atoms with Crippen LogP contribution in [0.4, 0.5) is 0 Å². The van der Waals surface area contributed by atoms with Crippen molar-refractivity contribution in [1.29, 1.82) is 0 Å². The Hall–Kier alpha value is -1.40. The smallest absolute Gasteiger partial charge is 0.248 e. The van der Waals surface area contributed by atoms with Crippen molar-refractivity contribution in [3.05, 3.63) is 18.5 Å². The first-order valence-corrected chi connectivity index (χ1v) is 8.74. The van der Waals surface area contributed by atoms with Crippen molar-refractivity contribution < 1.29 is 9.90 Å². The van der Waals surface area contributed by atoms with Gasteiger partial charge in [-0.1, -0.05) is 19.8 Å². The van der Waals surface area contributed by atoms with Gasteiger partial charge in [0, 0.05) is 24.4 Å². The van der Waals surface area contributed by atoms with E-state index in [-0.39, 0.29) is 17.4 Å². The molecule has 2 aliphatic rings. The Morgan fingerprint density at radius 2 is 2.17 bits per heavy atom. The van der Waals surface area contributed by atoms with Gasteiger partial charge in [-0.25, -0.2) is 0 Å². The van der Waals surface area contributed by atoms with Crippen molar-refractivity contribution >= 4 is 5.91 Å². The number of aliphatic hydroxyl groups excluding tert-OH is 1. The molecule has 0 spiro atoms. The molecule has 1 aromatic rings. The van der Waals surface area contributed by atoms with Gasteiger partial charge in [-0.2, -0.15) is 5.10 Å². The van der Waals surface area contributed by atoms with Crippen LogP contribution in [-0.2, 0) is 10.3 Å². The average Bonchev–Trinajstić information content (AvgIpc) is 3.11. The number of hydrogen-bond donors (Lipinski definition) is 3. The molecule has 1 amide bonds. The molecule has 2 heterocycles. The van der Waals surface area contributed by atoms with Crippen LogP contribution < -0.4 is 10.6 Å². The predicted octanol–water partition coefficient (Wildman–Crippen LogP) is 1.02. The number of nitrogens with one attached hydrogen (secondary N) is 2. The summed E-state index contributed by atoms with van der Waals surface area (Å²) in [4.78, 5) is 13.0. The van der Waals surface area contributed by atoms with Gasteiger partial charge in [0.15, 0.2) is 0 Å². The molecule has 2 unspecified atom stereocenters. The maximum absolute atomic E-state index is 13.0. The largest absolute Gasteiger partial charge is 0.392 e. The van der Waals surface area contributed by atoms with Crippen LogP contribution >= 0.6 is 0 Å². The van der Waals surface area contributed by atoms with Gasteiger partial charge in [0.2, 0.25) is 5.91 Å². The van der Waals surface area contributed by atoms with Crippen molar-refractivity contribution in [3.8, 4) is 0 Å². The Bertz CT molecular complexity index is 525. The maximum Gasteiger partial charge on any atom is 0.248 e. The Balaban J connectivity index is 1.72. The number of carbonyl (C=O) groups excluding carboxylic acids is 1. The van der Waals surface area contributed by atoms with Crippen LogP contribution in [-0.4, -0.2) is 46.5 Å². The van der Waals surface area contributed by atoms with Crippen molar-refractivity contribution in [2.24, 2.45) is 5.41 Å². The lowest BCUT2D eigenvalue weighted by atomic mass is 9.73. The van der Waals surface area contributed by atoms with E-state index in [4.69, 9.17) is 0 Å². The fourth-order valence-electron chi connectivity index (χ4n) is 3.96. The molecular weight excluding hydrogens is 292 g/mol.